The molecule has 29 heavy (non-hydrogen) atoms. The summed E-state index contributed by atoms with van der Waals surface area (Å²) in [7, 11) is 0. The van der Waals surface area contributed by atoms with Crippen LogP contribution in [0, 0.1) is 11.8 Å². The molecular formula is C21H27N3O5. The number of carbonyl (C=O) groups is 3. The molecule has 2 fully saturated rings. The lowest BCUT2D eigenvalue weighted by Gasteiger charge is -2.33. The van der Waals surface area contributed by atoms with Crippen LogP contribution in [0.4, 0.5) is 5.69 Å². The van der Waals surface area contributed by atoms with Crippen LogP contribution in [0.2, 0.25) is 0 Å². The lowest BCUT2D eigenvalue weighted by molar-refractivity contribution is -0.137. The van der Waals surface area contributed by atoms with Crippen LogP contribution in [-0.2, 0) is 14.4 Å². The van der Waals surface area contributed by atoms with Gasteiger partial charge in [0, 0.05) is 51.3 Å². The molecule has 1 aromatic carbocycles. The molecule has 1 N–H and O–H groups in total. The number of amides is 3. The number of nitrogens with one attached hydrogen (secondary N) is 1. The molecule has 0 spiro atoms. The van der Waals surface area contributed by atoms with E-state index in [1.165, 1.54) is 6.92 Å². The average Bonchev–Trinajstić information content (AvgIpc) is 3.13. The number of hydrogen-bond acceptors (Lipinski definition) is 5. The number of piperidine rings is 1. The summed E-state index contributed by atoms with van der Waals surface area (Å²) in [6, 6.07) is 5.46. The molecule has 3 heterocycles. The van der Waals surface area contributed by atoms with Crippen molar-refractivity contribution in [2.45, 2.75) is 26.2 Å². The predicted octanol–water partition coefficient (Wildman–Crippen LogP) is 1.19. The zero-order valence-electron chi connectivity index (χ0n) is 16.7. The van der Waals surface area contributed by atoms with Gasteiger partial charge < -0.3 is 24.6 Å². The summed E-state index contributed by atoms with van der Waals surface area (Å²) in [5, 5.41) is 2.85. The first-order chi connectivity index (χ1) is 14.0. The Hall–Kier alpha value is -2.77. The van der Waals surface area contributed by atoms with Crippen molar-refractivity contribution in [1.82, 2.24) is 10.2 Å². The van der Waals surface area contributed by atoms with E-state index in [1.54, 1.807) is 4.90 Å². The molecule has 0 aliphatic carbocycles. The number of rotatable bonds is 4. The van der Waals surface area contributed by atoms with Crippen molar-refractivity contribution >= 4 is 23.4 Å². The molecule has 4 rings (SSSR count). The fourth-order valence-corrected chi connectivity index (χ4v) is 4.23. The van der Waals surface area contributed by atoms with Gasteiger partial charge >= 0.3 is 0 Å². The Kier molecular flexibility index (Phi) is 5.60. The monoisotopic (exact) mass is 401 g/mol. The number of likely N-dealkylation sites (tertiary alicyclic amines) is 1. The minimum absolute atomic E-state index is 0.0211. The van der Waals surface area contributed by atoms with Crippen molar-refractivity contribution in [2.75, 3.05) is 44.3 Å². The predicted molar refractivity (Wildman–Crippen MR) is 106 cm³/mol. The van der Waals surface area contributed by atoms with Gasteiger partial charge in [0.1, 0.15) is 13.2 Å². The highest BCUT2D eigenvalue weighted by Crippen LogP contribution is 2.36. The van der Waals surface area contributed by atoms with Crippen LogP contribution in [0.5, 0.6) is 11.5 Å². The van der Waals surface area contributed by atoms with Gasteiger partial charge in [-0.1, -0.05) is 0 Å². The van der Waals surface area contributed by atoms with Gasteiger partial charge in [0.2, 0.25) is 17.7 Å². The summed E-state index contributed by atoms with van der Waals surface area (Å²) in [5.74, 6) is 1.40. The number of anilines is 1. The third-order valence-electron chi connectivity index (χ3n) is 5.88. The Morgan fingerprint density at radius 3 is 2.59 bits per heavy atom. The number of hydrogen-bond donors (Lipinski definition) is 1. The maximum absolute atomic E-state index is 13.0. The molecule has 2 saturated heterocycles. The van der Waals surface area contributed by atoms with Crippen molar-refractivity contribution in [2.24, 2.45) is 11.8 Å². The van der Waals surface area contributed by atoms with Crippen LogP contribution >= 0.6 is 0 Å². The smallest absolute Gasteiger partial charge is 0.228 e. The van der Waals surface area contributed by atoms with E-state index in [4.69, 9.17) is 9.47 Å². The van der Waals surface area contributed by atoms with Gasteiger partial charge in [-0.25, -0.2) is 0 Å². The summed E-state index contributed by atoms with van der Waals surface area (Å²) in [5.41, 5.74) is 0.739. The molecule has 156 valence electrons. The SMILES string of the molecule is CC(=O)NCC1CCN(C(=O)C2CC(=O)N(c3ccc4c(c3)OCCO4)C2)CC1. The lowest BCUT2D eigenvalue weighted by atomic mass is 9.95. The number of carbonyl (C=O) groups excluding carboxylic acids is 3. The summed E-state index contributed by atoms with van der Waals surface area (Å²) in [6.07, 6.45) is 1.98. The van der Waals surface area contributed by atoms with Crippen molar-refractivity contribution < 1.29 is 23.9 Å². The molecular weight excluding hydrogens is 374 g/mol. The zero-order valence-corrected chi connectivity index (χ0v) is 16.7. The number of benzene rings is 1. The van der Waals surface area contributed by atoms with Crippen LogP contribution in [0.3, 0.4) is 0 Å². The number of nitrogens with zero attached hydrogens (tertiary/aromatic N) is 2. The molecule has 3 aliphatic rings. The standard InChI is InChI=1S/C21H27N3O5/c1-14(25)22-12-15-4-6-23(7-5-15)21(27)16-10-20(26)24(13-16)17-2-3-18-19(11-17)29-9-8-28-18/h2-3,11,15-16H,4-10,12-13H2,1H3,(H,22,25). The van der Waals surface area contributed by atoms with E-state index in [-0.39, 0.29) is 30.1 Å². The maximum atomic E-state index is 13.0. The Balaban J connectivity index is 1.34. The Morgan fingerprint density at radius 2 is 1.86 bits per heavy atom. The highest BCUT2D eigenvalue weighted by Gasteiger charge is 2.38. The minimum atomic E-state index is -0.317. The van der Waals surface area contributed by atoms with Crippen LogP contribution in [0.25, 0.3) is 0 Å². The van der Waals surface area contributed by atoms with Crippen molar-refractivity contribution in [1.29, 1.82) is 0 Å². The van der Waals surface area contributed by atoms with E-state index in [1.807, 2.05) is 23.1 Å². The Bertz CT molecular complexity index is 804. The first-order valence-corrected chi connectivity index (χ1v) is 10.2. The van der Waals surface area contributed by atoms with Gasteiger partial charge in [-0.3, -0.25) is 14.4 Å². The Morgan fingerprint density at radius 1 is 1.14 bits per heavy atom. The van der Waals surface area contributed by atoms with Crippen LogP contribution in [0.1, 0.15) is 26.2 Å². The van der Waals surface area contributed by atoms with E-state index in [0.29, 0.717) is 56.8 Å². The van der Waals surface area contributed by atoms with Gasteiger partial charge in [0.05, 0.1) is 5.92 Å². The molecule has 3 amide bonds. The lowest BCUT2D eigenvalue weighted by Crippen LogP contribution is -2.44. The summed E-state index contributed by atoms with van der Waals surface area (Å²) in [4.78, 5) is 40.2. The van der Waals surface area contributed by atoms with E-state index >= 15 is 0 Å². The maximum Gasteiger partial charge on any atom is 0.228 e. The van der Waals surface area contributed by atoms with Crippen LogP contribution in [0.15, 0.2) is 18.2 Å². The summed E-state index contributed by atoms with van der Waals surface area (Å²) >= 11 is 0. The molecule has 1 aromatic rings. The molecule has 3 aliphatic heterocycles. The fourth-order valence-electron chi connectivity index (χ4n) is 4.23. The second kappa shape index (κ2) is 8.31. The summed E-state index contributed by atoms with van der Waals surface area (Å²) < 4.78 is 11.1. The third-order valence-corrected chi connectivity index (χ3v) is 5.88. The van der Waals surface area contributed by atoms with Crippen molar-refractivity contribution in [3.05, 3.63) is 18.2 Å². The number of fused-ring (bicyclic) bond motifs is 1. The quantitative estimate of drug-likeness (QED) is 0.819. The third kappa shape index (κ3) is 4.31. The molecule has 8 heteroatoms. The van der Waals surface area contributed by atoms with Gasteiger partial charge in [-0.05, 0) is 30.9 Å². The van der Waals surface area contributed by atoms with E-state index in [0.717, 1.165) is 18.5 Å². The first-order valence-electron chi connectivity index (χ1n) is 10.2. The molecule has 0 aromatic heterocycles. The van der Waals surface area contributed by atoms with Crippen molar-refractivity contribution in [3.63, 3.8) is 0 Å². The van der Waals surface area contributed by atoms with E-state index in [9.17, 15) is 14.4 Å². The van der Waals surface area contributed by atoms with Crippen molar-refractivity contribution in [3.8, 4) is 11.5 Å². The van der Waals surface area contributed by atoms with E-state index in [2.05, 4.69) is 5.32 Å². The molecule has 1 atom stereocenters. The largest absolute Gasteiger partial charge is 0.486 e. The van der Waals surface area contributed by atoms with Gasteiger partial charge in [-0.15, -0.1) is 0 Å². The topological polar surface area (TPSA) is 88.2 Å². The molecule has 0 saturated carbocycles. The van der Waals surface area contributed by atoms with Gasteiger partial charge in [-0.2, -0.15) is 0 Å². The second-order valence-corrected chi connectivity index (χ2v) is 7.94. The average molecular weight is 401 g/mol. The fraction of sp³-hybridized carbons (Fsp3) is 0.571. The molecule has 8 nitrogen and oxygen atoms in total. The molecule has 1 unspecified atom stereocenters. The second-order valence-electron chi connectivity index (χ2n) is 7.94. The minimum Gasteiger partial charge on any atom is -0.486 e. The first kappa shape index (κ1) is 19.5. The zero-order chi connectivity index (χ0) is 20.4. The molecule has 0 radical (unpaired) electrons. The van der Waals surface area contributed by atoms with Gasteiger partial charge in [0.15, 0.2) is 11.5 Å². The highest BCUT2D eigenvalue weighted by atomic mass is 16.6. The van der Waals surface area contributed by atoms with Gasteiger partial charge in [0.25, 0.3) is 0 Å². The highest BCUT2D eigenvalue weighted by molar-refractivity contribution is 6.00. The normalized spacial score (nSPS) is 22.0. The van der Waals surface area contributed by atoms with Crippen LogP contribution < -0.4 is 19.7 Å². The van der Waals surface area contributed by atoms with Crippen LogP contribution in [-0.4, -0.2) is 62.0 Å². The van der Waals surface area contributed by atoms with E-state index < -0.39 is 0 Å². The number of ether oxygens (including phenoxy) is 2. The Labute approximate surface area is 170 Å². The summed E-state index contributed by atoms with van der Waals surface area (Å²) in [6.45, 7) is 4.94. The molecule has 0 bridgehead atoms.